The van der Waals surface area contributed by atoms with Crippen LogP contribution in [0.2, 0.25) is 0 Å². The minimum Gasteiger partial charge on any atom is -0.496 e. The van der Waals surface area contributed by atoms with Gasteiger partial charge in [0.25, 0.3) is 5.92 Å². The number of rotatable bonds is 6. The Balaban J connectivity index is 2.26. The molecule has 0 aliphatic heterocycles. The van der Waals surface area contributed by atoms with Gasteiger partial charge in [-0.2, -0.15) is 0 Å². The second-order valence-corrected chi connectivity index (χ2v) is 5.90. The molecular formula is C20H20F2O3. The summed E-state index contributed by atoms with van der Waals surface area (Å²) in [7, 11) is 1.53. The van der Waals surface area contributed by atoms with Gasteiger partial charge in [-0.3, -0.25) is 0 Å². The molecule has 0 spiro atoms. The molecule has 0 radical (unpaired) electrons. The fraction of sp³-hybridized carbons (Fsp3) is 0.250. The Morgan fingerprint density at radius 1 is 1.24 bits per heavy atom. The molecule has 0 aliphatic carbocycles. The molecule has 0 fully saturated rings. The topological polar surface area (TPSA) is 46.5 Å². The molecule has 0 unspecified atom stereocenters. The van der Waals surface area contributed by atoms with E-state index in [1.807, 2.05) is 13.8 Å². The SMILES string of the molecule is COc1cc(/C=C/C(F)(F)Cc2ccccc2C(=O)O)cc(C)c1C. The number of halogens is 2. The van der Waals surface area contributed by atoms with Crippen LogP contribution in [0.4, 0.5) is 8.78 Å². The van der Waals surface area contributed by atoms with Crippen molar-refractivity contribution < 1.29 is 23.4 Å². The summed E-state index contributed by atoms with van der Waals surface area (Å²) in [6.45, 7) is 3.79. The Kier molecular flexibility index (Phi) is 5.57. The number of carboxylic acid groups (broad SMARTS) is 1. The van der Waals surface area contributed by atoms with Crippen LogP contribution in [0.15, 0.2) is 42.5 Å². The molecule has 5 heteroatoms. The number of allylic oxidation sites excluding steroid dienone is 1. The number of ether oxygens (including phenoxy) is 1. The molecule has 0 saturated carbocycles. The van der Waals surface area contributed by atoms with E-state index in [2.05, 4.69) is 0 Å². The van der Waals surface area contributed by atoms with Crippen molar-refractivity contribution in [3.05, 3.63) is 70.3 Å². The molecule has 3 nitrogen and oxygen atoms in total. The highest BCUT2D eigenvalue weighted by atomic mass is 19.3. The van der Waals surface area contributed by atoms with Crippen LogP contribution >= 0.6 is 0 Å². The summed E-state index contributed by atoms with van der Waals surface area (Å²) >= 11 is 0. The molecule has 25 heavy (non-hydrogen) atoms. The van der Waals surface area contributed by atoms with Crippen LogP contribution in [0, 0.1) is 13.8 Å². The van der Waals surface area contributed by atoms with Crippen LogP contribution in [0.3, 0.4) is 0 Å². The second-order valence-electron chi connectivity index (χ2n) is 5.90. The van der Waals surface area contributed by atoms with Gasteiger partial charge in [-0.15, -0.1) is 0 Å². The molecule has 132 valence electrons. The first kappa shape index (κ1) is 18.6. The molecule has 0 amide bonds. The van der Waals surface area contributed by atoms with Crippen LogP contribution in [0.25, 0.3) is 6.08 Å². The van der Waals surface area contributed by atoms with Gasteiger partial charge in [-0.1, -0.05) is 30.3 Å². The lowest BCUT2D eigenvalue weighted by Crippen LogP contribution is -2.18. The lowest BCUT2D eigenvalue weighted by molar-refractivity contribution is 0.0557. The Labute approximate surface area is 145 Å². The van der Waals surface area contributed by atoms with Gasteiger partial charge < -0.3 is 9.84 Å². The molecule has 0 aliphatic rings. The molecule has 0 heterocycles. The number of hydrogen-bond donors (Lipinski definition) is 1. The molecule has 0 aromatic heterocycles. The maximum Gasteiger partial charge on any atom is 0.335 e. The predicted octanol–water partition coefficient (Wildman–Crippen LogP) is 4.90. The van der Waals surface area contributed by atoms with E-state index in [1.54, 1.807) is 18.2 Å². The minimum absolute atomic E-state index is 0.0994. The Bertz CT molecular complexity index is 811. The monoisotopic (exact) mass is 346 g/mol. The van der Waals surface area contributed by atoms with E-state index in [9.17, 15) is 13.6 Å². The molecule has 1 N–H and O–H groups in total. The predicted molar refractivity (Wildman–Crippen MR) is 93.6 cm³/mol. The molecule has 0 saturated heterocycles. The van der Waals surface area contributed by atoms with Gasteiger partial charge in [0.05, 0.1) is 12.7 Å². The summed E-state index contributed by atoms with van der Waals surface area (Å²) in [6, 6.07) is 9.30. The van der Waals surface area contributed by atoms with Crippen LogP contribution < -0.4 is 4.74 Å². The molecule has 2 aromatic carbocycles. The summed E-state index contributed by atoms with van der Waals surface area (Å²) < 4.78 is 33.8. The van der Waals surface area contributed by atoms with E-state index >= 15 is 0 Å². The summed E-state index contributed by atoms with van der Waals surface area (Å²) in [6.07, 6.45) is 1.46. The van der Waals surface area contributed by atoms with Crippen molar-refractivity contribution >= 4 is 12.0 Å². The van der Waals surface area contributed by atoms with E-state index in [-0.39, 0.29) is 11.1 Å². The highest BCUT2D eigenvalue weighted by Crippen LogP contribution is 2.27. The molecule has 2 rings (SSSR count). The standard InChI is InChI=1S/C20H20F2O3/c1-13-10-15(11-18(25-3)14(13)2)8-9-20(21,22)12-16-6-4-5-7-17(16)19(23)24/h4-11H,12H2,1-3H3,(H,23,24)/b9-8+. The lowest BCUT2D eigenvalue weighted by atomic mass is 9.99. The van der Waals surface area contributed by atoms with Gasteiger partial charge >= 0.3 is 5.97 Å². The van der Waals surface area contributed by atoms with Gasteiger partial charge in [-0.05, 0) is 54.3 Å². The van der Waals surface area contributed by atoms with E-state index < -0.39 is 18.3 Å². The Morgan fingerprint density at radius 3 is 2.56 bits per heavy atom. The fourth-order valence-electron chi connectivity index (χ4n) is 2.58. The molecule has 0 atom stereocenters. The molecular weight excluding hydrogens is 326 g/mol. The van der Waals surface area contributed by atoms with Crippen molar-refractivity contribution in [3.8, 4) is 5.75 Å². The summed E-state index contributed by atoms with van der Waals surface area (Å²) in [5.41, 5.74) is 2.50. The first-order valence-electron chi connectivity index (χ1n) is 7.77. The fourth-order valence-corrected chi connectivity index (χ4v) is 2.58. The van der Waals surface area contributed by atoms with Crippen LogP contribution in [-0.4, -0.2) is 24.1 Å². The number of alkyl halides is 2. The zero-order chi connectivity index (χ0) is 18.6. The van der Waals surface area contributed by atoms with Crippen molar-refractivity contribution in [2.45, 2.75) is 26.2 Å². The Morgan fingerprint density at radius 2 is 1.92 bits per heavy atom. The highest BCUT2D eigenvalue weighted by Gasteiger charge is 2.27. The van der Waals surface area contributed by atoms with E-state index in [0.717, 1.165) is 17.2 Å². The maximum atomic E-state index is 14.3. The van der Waals surface area contributed by atoms with E-state index in [1.165, 1.54) is 31.4 Å². The number of aromatic carboxylic acids is 1. The number of benzene rings is 2. The third-order valence-electron chi connectivity index (χ3n) is 4.06. The zero-order valence-electron chi connectivity index (χ0n) is 14.3. The van der Waals surface area contributed by atoms with Gasteiger partial charge in [0.2, 0.25) is 0 Å². The highest BCUT2D eigenvalue weighted by molar-refractivity contribution is 5.89. The van der Waals surface area contributed by atoms with Crippen molar-refractivity contribution in [3.63, 3.8) is 0 Å². The smallest absolute Gasteiger partial charge is 0.335 e. The lowest BCUT2D eigenvalue weighted by Gasteiger charge is -2.14. The number of hydrogen-bond acceptors (Lipinski definition) is 2. The van der Waals surface area contributed by atoms with Crippen LogP contribution in [0.5, 0.6) is 5.75 Å². The summed E-state index contributed by atoms with van der Waals surface area (Å²) in [5, 5.41) is 9.11. The van der Waals surface area contributed by atoms with Gasteiger partial charge in [0, 0.05) is 6.42 Å². The Hall–Kier alpha value is -2.69. The average molecular weight is 346 g/mol. The van der Waals surface area contributed by atoms with Gasteiger partial charge in [0.1, 0.15) is 5.75 Å². The number of aryl methyl sites for hydroxylation is 1. The molecule has 0 bridgehead atoms. The summed E-state index contributed by atoms with van der Waals surface area (Å²) in [5.74, 6) is -3.74. The van der Waals surface area contributed by atoms with Gasteiger partial charge in [0.15, 0.2) is 0 Å². The number of carboxylic acids is 1. The number of methoxy groups -OCH3 is 1. The minimum atomic E-state index is -3.17. The average Bonchev–Trinajstić information content (AvgIpc) is 2.55. The quantitative estimate of drug-likeness (QED) is 0.809. The third kappa shape index (κ3) is 4.66. The molecule has 2 aromatic rings. The van der Waals surface area contributed by atoms with Crippen LogP contribution in [-0.2, 0) is 6.42 Å². The summed E-state index contributed by atoms with van der Waals surface area (Å²) in [4.78, 5) is 11.2. The number of carbonyl (C=O) groups is 1. The first-order chi connectivity index (χ1) is 11.7. The first-order valence-corrected chi connectivity index (χ1v) is 7.77. The van der Waals surface area contributed by atoms with Crippen molar-refractivity contribution in [2.75, 3.05) is 7.11 Å². The third-order valence-corrected chi connectivity index (χ3v) is 4.06. The van der Waals surface area contributed by atoms with Crippen molar-refractivity contribution in [1.29, 1.82) is 0 Å². The van der Waals surface area contributed by atoms with Crippen LogP contribution in [0.1, 0.15) is 32.6 Å². The zero-order valence-corrected chi connectivity index (χ0v) is 14.3. The van der Waals surface area contributed by atoms with Gasteiger partial charge in [-0.25, -0.2) is 13.6 Å². The maximum absolute atomic E-state index is 14.3. The van der Waals surface area contributed by atoms with E-state index in [0.29, 0.717) is 11.3 Å². The van der Waals surface area contributed by atoms with E-state index in [4.69, 9.17) is 9.84 Å². The second kappa shape index (κ2) is 7.47. The van der Waals surface area contributed by atoms with Crippen molar-refractivity contribution in [2.24, 2.45) is 0 Å². The normalized spacial score (nSPS) is 11.7. The van der Waals surface area contributed by atoms with Crippen molar-refractivity contribution in [1.82, 2.24) is 0 Å². The largest absolute Gasteiger partial charge is 0.496 e.